The van der Waals surface area contributed by atoms with Crippen LogP contribution in [-0.4, -0.2) is 35.7 Å². The molecule has 0 aliphatic carbocycles. The lowest BCUT2D eigenvalue weighted by atomic mass is 9.95. The molecule has 13 heavy (non-hydrogen) atoms. The van der Waals surface area contributed by atoms with Crippen molar-refractivity contribution in [3.63, 3.8) is 0 Å². The van der Waals surface area contributed by atoms with Gasteiger partial charge in [0, 0.05) is 12.4 Å². The second-order valence-electron chi connectivity index (χ2n) is 3.84. The lowest BCUT2D eigenvalue weighted by Crippen LogP contribution is -2.49. The van der Waals surface area contributed by atoms with Gasteiger partial charge in [-0.15, -0.1) is 0 Å². The number of amidine groups is 1. The van der Waals surface area contributed by atoms with E-state index in [1.807, 2.05) is 11.8 Å². The van der Waals surface area contributed by atoms with Gasteiger partial charge >= 0.3 is 0 Å². The van der Waals surface area contributed by atoms with Crippen LogP contribution in [0.5, 0.6) is 0 Å². The summed E-state index contributed by atoms with van der Waals surface area (Å²) in [5, 5.41) is 4.59. The van der Waals surface area contributed by atoms with Crippen LogP contribution in [-0.2, 0) is 4.74 Å². The van der Waals surface area contributed by atoms with Gasteiger partial charge in [-0.25, -0.2) is 0 Å². The van der Waals surface area contributed by atoms with E-state index in [1.54, 1.807) is 0 Å². The predicted octanol–water partition coefficient (Wildman–Crippen LogP) is 1.25. The van der Waals surface area contributed by atoms with Crippen molar-refractivity contribution < 1.29 is 4.74 Å². The Bertz CT molecular complexity index is 232. The second-order valence-corrected chi connectivity index (χ2v) is 4.92. The number of hydrogen-bond acceptors (Lipinski definition) is 4. The summed E-state index contributed by atoms with van der Waals surface area (Å²) in [6.45, 7) is 6.16. The summed E-state index contributed by atoms with van der Waals surface area (Å²) < 4.78 is 5.55. The molecule has 0 radical (unpaired) electrons. The monoisotopic (exact) mass is 200 g/mol. The Labute approximate surface area is 83.3 Å². The van der Waals surface area contributed by atoms with Crippen LogP contribution in [0.2, 0.25) is 0 Å². The van der Waals surface area contributed by atoms with Gasteiger partial charge in [0.25, 0.3) is 0 Å². The molecular formula is C9H16N2OS. The molecule has 1 saturated heterocycles. The fourth-order valence-electron chi connectivity index (χ4n) is 1.65. The topological polar surface area (TPSA) is 33.6 Å². The molecule has 2 aliphatic rings. The molecule has 0 amide bonds. The van der Waals surface area contributed by atoms with E-state index in [1.165, 1.54) is 0 Å². The minimum Gasteiger partial charge on any atom is -0.376 e. The highest BCUT2D eigenvalue weighted by Crippen LogP contribution is 2.26. The number of nitrogens with one attached hydrogen (secondary N) is 1. The molecule has 2 rings (SSSR count). The molecule has 0 aromatic rings. The average Bonchev–Trinajstić information content (AvgIpc) is 2.65. The Hall–Kier alpha value is -0.220. The van der Waals surface area contributed by atoms with Gasteiger partial charge in [0.1, 0.15) is 0 Å². The molecule has 2 unspecified atom stereocenters. The van der Waals surface area contributed by atoms with Crippen LogP contribution in [0.15, 0.2) is 4.99 Å². The highest BCUT2D eigenvalue weighted by atomic mass is 32.2. The van der Waals surface area contributed by atoms with Crippen molar-refractivity contribution in [3.8, 4) is 0 Å². The highest BCUT2D eigenvalue weighted by Gasteiger charge is 2.37. The van der Waals surface area contributed by atoms with E-state index in [0.717, 1.165) is 30.5 Å². The van der Waals surface area contributed by atoms with Crippen molar-refractivity contribution in [1.82, 2.24) is 5.32 Å². The first kappa shape index (κ1) is 9.34. The zero-order valence-corrected chi connectivity index (χ0v) is 8.99. The van der Waals surface area contributed by atoms with Crippen molar-refractivity contribution in [3.05, 3.63) is 0 Å². The van der Waals surface area contributed by atoms with Gasteiger partial charge in [-0.1, -0.05) is 11.8 Å². The molecule has 0 aromatic carbocycles. The van der Waals surface area contributed by atoms with Gasteiger partial charge in [-0.05, 0) is 20.3 Å². The van der Waals surface area contributed by atoms with Crippen LogP contribution < -0.4 is 5.32 Å². The largest absolute Gasteiger partial charge is 0.376 e. The normalized spacial score (nSPS) is 39.2. The zero-order valence-electron chi connectivity index (χ0n) is 8.17. The van der Waals surface area contributed by atoms with Crippen LogP contribution in [0.4, 0.5) is 0 Å². The number of ether oxygens (including phenoxy) is 1. The first-order valence-corrected chi connectivity index (χ1v) is 5.76. The van der Waals surface area contributed by atoms with Crippen LogP contribution in [0.3, 0.4) is 0 Å². The van der Waals surface area contributed by atoms with Crippen molar-refractivity contribution in [2.45, 2.75) is 31.9 Å². The number of nitrogens with zero attached hydrogens (tertiary/aromatic N) is 1. The summed E-state index contributed by atoms with van der Waals surface area (Å²) >= 11 is 1.81. The standard InChI is InChI=1S/C9H16N2OS/c1-7-9(2,3-5-12-7)11-8-10-4-6-13-8/h7H,3-6H2,1-2H3,(H,10,11). The third-order valence-electron chi connectivity index (χ3n) is 2.86. The summed E-state index contributed by atoms with van der Waals surface area (Å²) in [5.41, 5.74) is 0.0934. The Morgan fingerprint density at radius 1 is 1.69 bits per heavy atom. The summed E-state index contributed by atoms with van der Waals surface area (Å²) in [6.07, 6.45) is 1.37. The Morgan fingerprint density at radius 2 is 2.54 bits per heavy atom. The van der Waals surface area contributed by atoms with Gasteiger partial charge in [-0.3, -0.25) is 4.99 Å². The number of thioether (sulfide) groups is 1. The molecular weight excluding hydrogens is 184 g/mol. The molecule has 0 spiro atoms. The molecule has 1 N–H and O–H groups in total. The molecule has 4 heteroatoms. The summed E-state index contributed by atoms with van der Waals surface area (Å²) in [4.78, 5) is 4.39. The van der Waals surface area contributed by atoms with Gasteiger partial charge < -0.3 is 10.1 Å². The van der Waals surface area contributed by atoms with Gasteiger partial charge in [0.2, 0.25) is 0 Å². The molecule has 2 heterocycles. The van der Waals surface area contributed by atoms with Crippen LogP contribution in [0.1, 0.15) is 20.3 Å². The minimum absolute atomic E-state index is 0.0934. The minimum atomic E-state index is 0.0934. The fourth-order valence-corrected chi connectivity index (χ4v) is 2.52. The molecule has 1 fully saturated rings. The molecule has 2 atom stereocenters. The molecule has 0 saturated carbocycles. The van der Waals surface area contributed by atoms with Gasteiger partial charge in [0.05, 0.1) is 18.2 Å². The van der Waals surface area contributed by atoms with Crippen LogP contribution in [0, 0.1) is 0 Å². The Balaban J connectivity index is 1.99. The number of hydrogen-bond donors (Lipinski definition) is 1. The maximum absolute atomic E-state index is 5.55. The maximum atomic E-state index is 5.55. The number of aliphatic imine (C=N–C) groups is 1. The Morgan fingerprint density at radius 3 is 3.08 bits per heavy atom. The van der Waals surface area contributed by atoms with Gasteiger partial charge in [-0.2, -0.15) is 0 Å². The summed E-state index contributed by atoms with van der Waals surface area (Å²) in [7, 11) is 0. The lowest BCUT2D eigenvalue weighted by molar-refractivity contribution is 0.0951. The molecule has 0 bridgehead atoms. The van der Waals surface area contributed by atoms with Crippen molar-refractivity contribution >= 4 is 16.9 Å². The van der Waals surface area contributed by atoms with E-state index >= 15 is 0 Å². The third kappa shape index (κ3) is 1.83. The van der Waals surface area contributed by atoms with Crippen LogP contribution in [0.25, 0.3) is 0 Å². The first-order chi connectivity index (χ1) is 6.21. The van der Waals surface area contributed by atoms with E-state index < -0.39 is 0 Å². The molecule has 74 valence electrons. The number of rotatable bonds is 1. The van der Waals surface area contributed by atoms with E-state index in [2.05, 4.69) is 24.2 Å². The maximum Gasteiger partial charge on any atom is 0.157 e. The van der Waals surface area contributed by atoms with Crippen molar-refractivity contribution in [2.24, 2.45) is 4.99 Å². The zero-order chi connectivity index (χ0) is 9.31. The predicted molar refractivity (Wildman–Crippen MR) is 56.3 cm³/mol. The van der Waals surface area contributed by atoms with Crippen molar-refractivity contribution in [2.75, 3.05) is 18.9 Å². The van der Waals surface area contributed by atoms with Crippen molar-refractivity contribution in [1.29, 1.82) is 0 Å². The lowest BCUT2D eigenvalue weighted by Gasteiger charge is -2.29. The molecule has 3 nitrogen and oxygen atoms in total. The molecule has 2 aliphatic heterocycles. The van der Waals surface area contributed by atoms with Crippen LogP contribution >= 0.6 is 11.8 Å². The SMILES string of the molecule is CC1OCCC1(C)NC1=NCCS1. The van der Waals surface area contributed by atoms with E-state index in [-0.39, 0.29) is 11.6 Å². The van der Waals surface area contributed by atoms with E-state index in [9.17, 15) is 0 Å². The van der Waals surface area contributed by atoms with Gasteiger partial charge in [0.15, 0.2) is 5.17 Å². The summed E-state index contributed by atoms with van der Waals surface area (Å²) in [5.74, 6) is 1.12. The second kappa shape index (κ2) is 3.50. The first-order valence-electron chi connectivity index (χ1n) is 4.78. The smallest absolute Gasteiger partial charge is 0.157 e. The van der Waals surface area contributed by atoms with E-state index in [0.29, 0.717) is 0 Å². The molecule has 0 aromatic heterocycles. The average molecular weight is 200 g/mol. The summed E-state index contributed by atoms with van der Waals surface area (Å²) in [6, 6.07) is 0. The highest BCUT2D eigenvalue weighted by molar-refractivity contribution is 8.14. The third-order valence-corrected chi connectivity index (χ3v) is 3.76. The van der Waals surface area contributed by atoms with E-state index in [4.69, 9.17) is 4.74 Å². The quantitative estimate of drug-likeness (QED) is 0.691. The fraction of sp³-hybridized carbons (Fsp3) is 0.889. The Kier molecular flexibility index (Phi) is 2.51.